The maximum Gasteiger partial charge on any atom is 0.150 e. The third-order valence-corrected chi connectivity index (χ3v) is 5.07. The third-order valence-electron chi connectivity index (χ3n) is 5.07. The second-order valence-electron chi connectivity index (χ2n) is 7.55. The zero-order valence-corrected chi connectivity index (χ0v) is 17.8. The number of rotatable bonds is 13. The fraction of sp³-hybridized carbons (Fsp3) is 0.565. The number of aromatic nitrogens is 2. The van der Waals surface area contributed by atoms with Crippen LogP contribution in [0.1, 0.15) is 68.9 Å². The van der Waals surface area contributed by atoms with Crippen LogP contribution < -0.4 is 5.73 Å². The predicted octanol–water partition coefficient (Wildman–Crippen LogP) is 4.33. The van der Waals surface area contributed by atoms with Gasteiger partial charge in [0.1, 0.15) is 5.82 Å². The molecule has 0 amide bonds. The molecule has 0 radical (unpaired) electrons. The van der Waals surface area contributed by atoms with Gasteiger partial charge in [-0.05, 0) is 56.4 Å². The highest BCUT2D eigenvalue weighted by Crippen LogP contribution is 2.18. The highest BCUT2D eigenvalue weighted by atomic mass is 15.1. The third kappa shape index (κ3) is 7.56. The molecule has 2 aromatic rings. The van der Waals surface area contributed by atoms with E-state index in [2.05, 4.69) is 53.0 Å². The van der Waals surface area contributed by atoms with E-state index in [-0.39, 0.29) is 6.04 Å². The molecule has 5 nitrogen and oxygen atoms in total. The van der Waals surface area contributed by atoms with Crippen molar-refractivity contribution in [3.8, 4) is 0 Å². The Balaban J connectivity index is 1.73. The van der Waals surface area contributed by atoms with Crippen LogP contribution in [-0.4, -0.2) is 40.3 Å². The summed E-state index contributed by atoms with van der Waals surface area (Å²) >= 11 is 0. The van der Waals surface area contributed by atoms with Gasteiger partial charge in [0.05, 0.1) is 12.8 Å². The SMILES string of the molecule is CCCN(CCC)CCCCC(N)c1ccc(CN=Cc2nccn2C)cc1. The molecule has 0 fully saturated rings. The number of hydrogen-bond donors (Lipinski definition) is 1. The molecule has 5 heteroatoms. The maximum atomic E-state index is 6.41. The van der Waals surface area contributed by atoms with Crippen LogP contribution in [0.25, 0.3) is 0 Å². The van der Waals surface area contributed by atoms with Crippen molar-refractivity contribution in [2.45, 2.75) is 58.5 Å². The average Bonchev–Trinajstić information content (AvgIpc) is 3.11. The van der Waals surface area contributed by atoms with Gasteiger partial charge in [0.2, 0.25) is 0 Å². The predicted molar refractivity (Wildman–Crippen MR) is 119 cm³/mol. The van der Waals surface area contributed by atoms with Crippen LogP contribution in [0.2, 0.25) is 0 Å². The molecule has 154 valence electrons. The van der Waals surface area contributed by atoms with E-state index in [1.54, 1.807) is 6.20 Å². The lowest BCUT2D eigenvalue weighted by Gasteiger charge is -2.21. The maximum absolute atomic E-state index is 6.41. The van der Waals surface area contributed by atoms with Crippen LogP contribution in [0.3, 0.4) is 0 Å². The molecule has 1 aromatic carbocycles. The molecule has 0 saturated carbocycles. The van der Waals surface area contributed by atoms with Crippen molar-refractivity contribution >= 4 is 6.21 Å². The zero-order valence-electron chi connectivity index (χ0n) is 17.8. The molecule has 0 aliphatic heterocycles. The minimum atomic E-state index is 0.121. The van der Waals surface area contributed by atoms with Crippen LogP contribution in [0, 0.1) is 0 Å². The summed E-state index contributed by atoms with van der Waals surface area (Å²) in [6.07, 6.45) is 11.4. The van der Waals surface area contributed by atoms with Crippen molar-refractivity contribution in [2.24, 2.45) is 17.8 Å². The van der Waals surface area contributed by atoms with Crippen molar-refractivity contribution < 1.29 is 0 Å². The lowest BCUT2D eigenvalue weighted by Crippen LogP contribution is -2.26. The molecule has 1 unspecified atom stereocenters. The van der Waals surface area contributed by atoms with Crippen LogP contribution in [0.4, 0.5) is 0 Å². The number of hydrogen-bond acceptors (Lipinski definition) is 4. The Hall–Kier alpha value is -1.98. The van der Waals surface area contributed by atoms with E-state index in [0.717, 1.165) is 12.2 Å². The normalized spacial score (nSPS) is 12.9. The first-order valence-electron chi connectivity index (χ1n) is 10.7. The Morgan fingerprint density at radius 3 is 2.43 bits per heavy atom. The number of aryl methyl sites for hydroxylation is 1. The monoisotopic (exact) mass is 383 g/mol. The zero-order chi connectivity index (χ0) is 20.2. The minimum absolute atomic E-state index is 0.121. The standard InChI is InChI=1S/C23H37N5/c1-4-14-28(15-5-2)16-7-6-8-22(24)21-11-9-20(10-12-21)18-25-19-23-26-13-17-27(23)3/h9-13,17,19,22H,4-8,14-16,18,24H2,1-3H3. The first kappa shape index (κ1) is 22.3. The van der Waals surface area contributed by atoms with Gasteiger partial charge >= 0.3 is 0 Å². The van der Waals surface area contributed by atoms with Gasteiger partial charge in [-0.2, -0.15) is 0 Å². The van der Waals surface area contributed by atoms with Crippen molar-refractivity contribution in [1.82, 2.24) is 14.5 Å². The van der Waals surface area contributed by atoms with E-state index in [9.17, 15) is 0 Å². The summed E-state index contributed by atoms with van der Waals surface area (Å²) in [5, 5.41) is 0. The van der Waals surface area contributed by atoms with Gasteiger partial charge in [-0.15, -0.1) is 0 Å². The van der Waals surface area contributed by atoms with E-state index in [1.807, 2.05) is 24.0 Å². The van der Waals surface area contributed by atoms with E-state index in [0.29, 0.717) is 6.54 Å². The quantitative estimate of drug-likeness (QED) is 0.414. The van der Waals surface area contributed by atoms with E-state index in [1.165, 1.54) is 56.4 Å². The first-order valence-corrected chi connectivity index (χ1v) is 10.7. The number of benzene rings is 1. The van der Waals surface area contributed by atoms with Crippen molar-refractivity contribution in [3.05, 3.63) is 53.6 Å². The molecule has 28 heavy (non-hydrogen) atoms. The lowest BCUT2D eigenvalue weighted by atomic mass is 10.0. The molecule has 0 aliphatic carbocycles. The largest absolute Gasteiger partial charge is 0.333 e. The molecule has 0 aliphatic rings. The summed E-state index contributed by atoms with van der Waals surface area (Å²) in [6.45, 7) is 8.79. The Morgan fingerprint density at radius 1 is 1.11 bits per heavy atom. The van der Waals surface area contributed by atoms with E-state index in [4.69, 9.17) is 5.73 Å². The summed E-state index contributed by atoms with van der Waals surface area (Å²) in [6, 6.07) is 8.69. The van der Waals surface area contributed by atoms with Gasteiger partial charge in [0.15, 0.2) is 0 Å². The summed E-state index contributed by atoms with van der Waals surface area (Å²) < 4.78 is 1.95. The molecular formula is C23H37N5. The van der Waals surface area contributed by atoms with Gasteiger partial charge in [-0.3, -0.25) is 4.99 Å². The van der Waals surface area contributed by atoms with Crippen molar-refractivity contribution in [2.75, 3.05) is 19.6 Å². The summed E-state index contributed by atoms with van der Waals surface area (Å²) in [5.41, 5.74) is 8.82. The molecule has 0 spiro atoms. The molecule has 1 aromatic heterocycles. The lowest BCUT2D eigenvalue weighted by molar-refractivity contribution is 0.267. The van der Waals surface area contributed by atoms with Crippen molar-refractivity contribution in [1.29, 1.82) is 0 Å². The van der Waals surface area contributed by atoms with E-state index < -0.39 is 0 Å². The molecule has 2 rings (SSSR count). The Bertz CT molecular complexity index is 683. The number of nitrogens with two attached hydrogens (primary N) is 1. The number of nitrogens with zero attached hydrogens (tertiary/aromatic N) is 4. The minimum Gasteiger partial charge on any atom is -0.333 e. The van der Waals surface area contributed by atoms with Crippen LogP contribution in [0.15, 0.2) is 41.7 Å². The van der Waals surface area contributed by atoms with Gasteiger partial charge in [-0.1, -0.05) is 44.5 Å². The van der Waals surface area contributed by atoms with Crippen LogP contribution >= 0.6 is 0 Å². The molecule has 2 N–H and O–H groups in total. The molecule has 0 bridgehead atoms. The van der Waals surface area contributed by atoms with Gasteiger partial charge in [0.25, 0.3) is 0 Å². The topological polar surface area (TPSA) is 59.4 Å². The highest BCUT2D eigenvalue weighted by Gasteiger charge is 2.07. The molecule has 1 atom stereocenters. The highest BCUT2D eigenvalue weighted by molar-refractivity contribution is 5.74. The summed E-state index contributed by atoms with van der Waals surface area (Å²) in [4.78, 5) is 11.3. The Kier molecular flexibility index (Phi) is 9.94. The molecular weight excluding hydrogens is 346 g/mol. The van der Waals surface area contributed by atoms with E-state index >= 15 is 0 Å². The average molecular weight is 384 g/mol. The summed E-state index contributed by atoms with van der Waals surface area (Å²) in [5.74, 6) is 0.870. The fourth-order valence-electron chi connectivity index (χ4n) is 3.44. The van der Waals surface area contributed by atoms with Crippen LogP contribution in [0.5, 0.6) is 0 Å². The number of unbranched alkanes of at least 4 members (excludes halogenated alkanes) is 1. The van der Waals surface area contributed by atoms with Crippen LogP contribution in [-0.2, 0) is 13.6 Å². The summed E-state index contributed by atoms with van der Waals surface area (Å²) in [7, 11) is 1.97. The molecule has 1 heterocycles. The second kappa shape index (κ2) is 12.5. The Morgan fingerprint density at radius 2 is 1.82 bits per heavy atom. The number of aliphatic imine (C=N–C) groups is 1. The fourth-order valence-corrected chi connectivity index (χ4v) is 3.44. The van der Waals surface area contributed by atoms with Gasteiger partial charge < -0.3 is 15.2 Å². The number of imidazole rings is 1. The molecule has 0 saturated heterocycles. The Labute approximate surface area is 170 Å². The second-order valence-corrected chi connectivity index (χ2v) is 7.55. The first-order chi connectivity index (χ1) is 13.6. The van der Waals surface area contributed by atoms with Gasteiger partial charge in [0, 0.05) is 25.5 Å². The smallest absolute Gasteiger partial charge is 0.150 e. The van der Waals surface area contributed by atoms with Crippen molar-refractivity contribution in [3.63, 3.8) is 0 Å². The van der Waals surface area contributed by atoms with Gasteiger partial charge in [-0.25, -0.2) is 4.98 Å².